The van der Waals surface area contributed by atoms with E-state index in [9.17, 15) is 0 Å². The summed E-state index contributed by atoms with van der Waals surface area (Å²) in [6.07, 6.45) is 6.55. The lowest BCUT2D eigenvalue weighted by Crippen LogP contribution is -2.15. The molecule has 4 unspecified atom stereocenters. The van der Waals surface area contributed by atoms with Gasteiger partial charge in [0, 0.05) is 0 Å². The van der Waals surface area contributed by atoms with Crippen LogP contribution in [0.1, 0.15) is 25.7 Å². The number of hydrogen-bond donors (Lipinski definition) is 0. The first-order valence-electron chi connectivity index (χ1n) is 3.89. The van der Waals surface area contributed by atoms with Gasteiger partial charge in [0.25, 0.3) is 0 Å². The van der Waals surface area contributed by atoms with Crippen LogP contribution in [0.2, 0.25) is 0 Å². The van der Waals surface area contributed by atoms with Crippen LogP contribution in [0.4, 0.5) is 0 Å². The number of hydrogen-bond acceptors (Lipinski definition) is 0. The van der Waals surface area contributed by atoms with Crippen LogP contribution in [-0.4, -0.2) is 0 Å². The Kier molecular flexibility index (Phi) is 0.211. The maximum atomic E-state index is 1.66. The Balaban J connectivity index is 2.11. The highest BCUT2D eigenvalue weighted by Gasteiger charge is 2.95. The van der Waals surface area contributed by atoms with Gasteiger partial charge in [0.2, 0.25) is 0 Å². The van der Waals surface area contributed by atoms with E-state index in [0.29, 0.717) is 0 Å². The second kappa shape index (κ2) is 0.521. The van der Waals surface area contributed by atoms with E-state index in [1.54, 1.807) is 25.7 Å². The second-order valence-electron chi connectivity index (χ2n) is 4.45. The number of fused-ring (bicyclic) bond motifs is 1. The Hall–Kier alpha value is 0. The summed E-state index contributed by atoms with van der Waals surface area (Å²) in [5, 5.41) is 0. The molecule has 4 fully saturated rings. The summed E-state index contributed by atoms with van der Waals surface area (Å²) in [5.41, 5.74) is 2.08. The maximum absolute atomic E-state index is 1.66. The fraction of sp³-hybridized carbons (Fsp3) is 1.00. The molecular formula is C8H10. The minimum absolute atomic E-state index is 1.02. The number of rotatable bonds is 0. The molecule has 0 aromatic carbocycles. The van der Waals surface area contributed by atoms with Crippen molar-refractivity contribution in [3.05, 3.63) is 0 Å². The summed E-state index contributed by atoms with van der Waals surface area (Å²) < 4.78 is 0. The van der Waals surface area contributed by atoms with Crippen LogP contribution >= 0.6 is 0 Å². The van der Waals surface area contributed by atoms with Gasteiger partial charge in [-0.1, -0.05) is 0 Å². The van der Waals surface area contributed by atoms with Gasteiger partial charge in [-0.15, -0.1) is 0 Å². The molecule has 0 N–H and O–H groups in total. The molecular weight excluding hydrogens is 96.1 g/mol. The molecule has 4 aliphatic rings. The molecule has 0 aliphatic heterocycles. The molecule has 0 radical (unpaired) electrons. The van der Waals surface area contributed by atoms with Crippen LogP contribution in [0.5, 0.6) is 0 Å². The van der Waals surface area contributed by atoms with Crippen molar-refractivity contribution in [2.75, 3.05) is 0 Å². The van der Waals surface area contributed by atoms with Gasteiger partial charge in [0.05, 0.1) is 0 Å². The third kappa shape index (κ3) is 0.104. The van der Waals surface area contributed by atoms with Crippen molar-refractivity contribution in [2.24, 2.45) is 22.7 Å². The zero-order valence-corrected chi connectivity index (χ0v) is 4.98. The molecule has 4 rings (SSSR count). The Bertz CT molecular complexity index is 183. The summed E-state index contributed by atoms with van der Waals surface area (Å²) >= 11 is 0. The van der Waals surface area contributed by atoms with Crippen LogP contribution in [0.25, 0.3) is 0 Å². The van der Waals surface area contributed by atoms with E-state index >= 15 is 0 Å². The molecule has 1 spiro atoms. The minimum atomic E-state index is 1.02. The predicted molar refractivity (Wildman–Crippen MR) is 30.3 cm³/mol. The smallest absolute Gasteiger partial charge is 0.0173 e. The maximum Gasteiger partial charge on any atom is -0.0173 e. The van der Waals surface area contributed by atoms with Crippen LogP contribution in [0.3, 0.4) is 0 Å². The van der Waals surface area contributed by atoms with E-state index in [-0.39, 0.29) is 0 Å². The second-order valence-corrected chi connectivity index (χ2v) is 4.45. The largest absolute Gasteiger partial charge is 0.0490 e. The van der Waals surface area contributed by atoms with Crippen LogP contribution in [-0.2, 0) is 0 Å². The fourth-order valence-corrected chi connectivity index (χ4v) is 4.36. The van der Waals surface area contributed by atoms with Gasteiger partial charge in [-0.05, 0) is 48.3 Å². The van der Waals surface area contributed by atoms with Gasteiger partial charge in [-0.3, -0.25) is 0 Å². The van der Waals surface area contributed by atoms with Crippen LogP contribution in [0, 0.1) is 22.7 Å². The lowest BCUT2D eigenvalue weighted by atomic mass is 9.81. The van der Waals surface area contributed by atoms with Crippen LogP contribution < -0.4 is 0 Å². The van der Waals surface area contributed by atoms with Gasteiger partial charge in [0.1, 0.15) is 0 Å². The third-order valence-electron chi connectivity index (χ3n) is 4.74. The standard InChI is InChI=1S/C8H10/c1-2-7-3-6-5(1)8(6,7)4-7/h5-6H,1-4H2. The van der Waals surface area contributed by atoms with Crippen molar-refractivity contribution in [2.45, 2.75) is 25.7 Å². The molecule has 0 aromatic rings. The van der Waals surface area contributed by atoms with E-state index in [2.05, 4.69) is 0 Å². The first-order chi connectivity index (χ1) is 3.89. The quantitative estimate of drug-likeness (QED) is 0.441. The lowest BCUT2D eigenvalue weighted by molar-refractivity contribution is 0.257. The first kappa shape index (κ1) is 3.24. The summed E-state index contributed by atoms with van der Waals surface area (Å²) in [4.78, 5) is 0. The molecule has 0 heterocycles. The highest BCUT2D eigenvalue weighted by atomic mass is 15.0. The molecule has 0 saturated heterocycles. The molecule has 4 saturated carbocycles. The van der Waals surface area contributed by atoms with Crippen molar-refractivity contribution >= 4 is 0 Å². The molecule has 0 amide bonds. The first-order valence-corrected chi connectivity index (χ1v) is 3.89. The van der Waals surface area contributed by atoms with Gasteiger partial charge < -0.3 is 0 Å². The minimum Gasteiger partial charge on any atom is -0.0490 e. The van der Waals surface area contributed by atoms with Gasteiger partial charge in [-0.25, -0.2) is 0 Å². The van der Waals surface area contributed by atoms with Crippen molar-refractivity contribution in [1.29, 1.82) is 0 Å². The van der Waals surface area contributed by atoms with E-state index in [1.807, 2.05) is 0 Å². The lowest BCUT2D eigenvalue weighted by Gasteiger charge is -2.23. The highest BCUT2D eigenvalue weighted by molar-refractivity contribution is 5.43. The van der Waals surface area contributed by atoms with E-state index < -0.39 is 0 Å². The normalized spacial score (nSPS) is 87.0. The Morgan fingerprint density at radius 2 is 2.25 bits per heavy atom. The van der Waals surface area contributed by atoms with Crippen molar-refractivity contribution in [3.8, 4) is 0 Å². The van der Waals surface area contributed by atoms with Crippen LogP contribution in [0.15, 0.2) is 0 Å². The average Bonchev–Trinajstić information content (AvgIpc) is 2.51. The predicted octanol–water partition coefficient (Wildman–Crippen LogP) is 1.81. The topological polar surface area (TPSA) is 0 Å². The van der Waals surface area contributed by atoms with Crippen molar-refractivity contribution < 1.29 is 0 Å². The fourth-order valence-electron chi connectivity index (χ4n) is 4.36. The summed E-state index contributed by atoms with van der Waals surface area (Å²) in [7, 11) is 0. The SMILES string of the molecule is C1CC23CC4C1C42C3. The molecule has 8 heavy (non-hydrogen) atoms. The summed E-state index contributed by atoms with van der Waals surface area (Å²) in [6.45, 7) is 0. The summed E-state index contributed by atoms with van der Waals surface area (Å²) in [6, 6.07) is 0. The van der Waals surface area contributed by atoms with Gasteiger partial charge in [0.15, 0.2) is 0 Å². The van der Waals surface area contributed by atoms with Gasteiger partial charge in [-0.2, -0.15) is 0 Å². The molecule has 4 atom stereocenters. The Morgan fingerprint density at radius 3 is 2.38 bits per heavy atom. The van der Waals surface area contributed by atoms with E-state index in [1.165, 1.54) is 11.8 Å². The molecule has 0 nitrogen and oxygen atoms in total. The highest BCUT2D eigenvalue weighted by Crippen LogP contribution is 3.02. The van der Waals surface area contributed by atoms with E-state index in [4.69, 9.17) is 0 Å². The Labute approximate surface area is 49.3 Å². The van der Waals surface area contributed by atoms with Gasteiger partial charge >= 0.3 is 0 Å². The van der Waals surface area contributed by atoms with Crippen molar-refractivity contribution in [1.82, 2.24) is 0 Å². The third-order valence-corrected chi connectivity index (χ3v) is 4.74. The summed E-state index contributed by atoms with van der Waals surface area (Å²) in [5.74, 6) is 2.54. The molecule has 42 valence electrons. The molecule has 4 aliphatic carbocycles. The molecule has 0 aromatic heterocycles. The zero-order valence-electron chi connectivity index (χ0n) is 4.98. The zero-order chi connectivity index (χ0) is 4.98. The average molecular weight is 106 g/mol. The molecule has 0 heteroatoms. The monoisotopic (exact) mass is 106 g/mol. The van der Waals surface area contributed by atoms with Crippen molar-refractivity contribution in [3.63, 3.8) is 0 Å². The Morgan fingerprint density at radius 1 is 1.25 bits per heavy atom. The van der Waals surface area contributed by atoms with E-state index in [0.717, 1.165) is 10.8 Å². The molecule has 0 bridgehead atoms.